The highest BCUT2D eigenvalue weighted by Crippen LogP contribution is 2.38. The maximum atomic E-state index is 13.8. The molecule has 0 amide bonds. The van der Waals surface area contributed by atoms with Gasteiger partial charge in [0.2, 0.25) is 0 Å². The standard InChI is InChI=1S/C16H22F2N2/c17-14-2-3-15(18)13(10-14)11-20-9-1-4-16(12-20)5-7-19-8-6-16/h2-3,10,19H,1,4-9,11-12H2. The molecule has 0 unspecified atom stereocenters. The van der Waals surface area contributed by atoms with Gasteiger partial charge >= 0.3 is 0 Å². The van der Waals surface area contributed by atoms with Gasteiger partial charge in [-0.3, -0.25) is 4.90 Å². The Kier molecular flexibility index (Phi) is 4.03. The summed E-state index contributed by atoms with van der Waals surface area (Å²) in [5, 5.41) is 3.41. The molecule has 20 heavy (non-hydrogen) atoms. The van der Waals surface area contributed by atoms with Gasteiger partial charge in [-0.1, -0.05) is 0 Å². The van der Waals surface area contributed by atoms with Crippen molar-refractivity contribution in [3.05, 3.63) is 35.4 Å². The lowest BCUT2D eigenvalue weighted by Crippen LogP contribution is -2.48. The number of piperidine rings is 2. The van der Waals surface area contributed by atoms with Crippen LogP contribution in [0.15, 0.2) is 18.2 Å². The fourth-order valence-corrected chi connectivity index (χ4v) is 3.72. The summed E-state index contributed by atoms with van der Waals surface area (Å²) in [7, 11) is 0. The van der Waals surface area contributed by atoms with E-state index < -0.39 is 0 Å². The topological polar surface area (TPSA) is 15.3 Å². The van der Waals surface area contributed by atoms with E-state index in [1.54, 1.807) is 0 Å². The summed E-state index contributed by atoms with van der Waals surface area (Å²) in [6, 6.07) is 3.75. The van der Waals surface area contributed by atoms with Crippen molar-refractivity contribution in [1.82, 2.24) is 10.2 Å². The van der Waals surface area contributed by atoms with E-state index in [2.05, 4.69) is 10.2 Å². The first-order valence-electron chi connectivity index (χ1n) is 7.54. The second-order valence-corrected chi connectivity index (χ2v) is 6.30. The molecule has 2 fully saturated rings. The third-order valence-electron chi connectivity index (χ3n) is 4.81. The molecule has 2 heterocycles. The lowest BCUT2D eigenvalue weighted by Gasteiger charge is -2.45. The van der Waals surface area contributed by atoms with E-state index in [1.807, 2.05) is 0 Å². The largest absolute Gasteiger partial charge is 0.317 e. The minimum Gasteiger partial charge on any atom is -0.317 e. The lowest BCUT2D eigenvalue weighted by molar-refractivity contribution is 0.0545. The Morgan fingerprint density at radius 3 is 2.75 bits per heavy atom. The number of hydrogen-bond donors (Lipinski definition) is 1. The van der Waals surface area contributed by atoms with Crippen LogP contribution >= 0.6 is 0 Å². The van der Waals surface area contributed by atoms with Crippen LogP contribution in [-0.2, 0) is 6.54 Å². The van der Waals surface area contributed by atoms with Crippen LogP contribution in [0.3, 0.4) is 0 Å². The molecule has 2 aliphatic heterocycles. The van der Waals surface area contributed by atoms with Crippen molar-refractivity contribution in [3.63, 3.8) is 0 Å². The predicted molar refractivity (Wildman–Crippen MR) is 75.4 cm³/mol. The first-order valence-corrected chi connectivity index (χ1v) is 7.54. The highest BCUT2D eigenvalue weighted by atomic mass is 19.1. The van der Waals surface area contributed by atoms with E-state index in [9.17, 15) is 8.78 Å². The van der Waals surface area contributed by atoms with Crippen LogP contribution in [0.5, 0.6) is 0 Å². The molecule has 2 aliphatic rings. The number of benzene rings is 1. The summed E-state index contributed by atoms with van der Waals surface area (Å²) in [4.78, 5) is 2.30. The van der Waals surface area contributed by atoms with Crippen molar-refractivity contribution in [1.29, 1.82) is 0 Å². The fourth-order valence-electron chi connectivity index (χ4n) is 3.72. The molecule has 1 N–H and O–H groups in total. The van der Waals surface area contributed by atoms with Crippen molar-refractivity contribution < 1.29 is 8.78 Å². The van der Waals surface area contributed by atoms with Crippen LogP contribution in [0.4, 0.5) is 8.78 Å². The van der Waals surface area contributed by atoms with Crippen molar-refractivity contribution in [2.24, 2.45) is 5.41 Å². The van der Waals surface area contributed by atoms with Gasteiger partial charge in [-0.2, -0.15) is 0 Å². The van der Waals surface area contributed by atoms with E-state index >= 15 is 0 Å². The smallest absolute Gasteiger partial charge is 0.127 e. The molecular weight excluding hydrogens is 258 g/mol. The maximum Gasteiger partial charge on any atom is 0.127 e. The number of nitrogens with one attached hydrogen (secondary N) is 1. The second-order valence-electron chi connectivity index (χ2n) is 6.30. The Bertz CT molecular complexity index is 464. The Morgan fingerprint density at radius 2 is 1.95 bits per heavy atom. The average Bonchev–Trinajstić information content (AvgIpc) is 2.44. The predicted octanol–water partition coefficient (Wildman–Crippen LogP) is 2.93. The van der Waals surface area contributed by atoms with Gasteiger partial charge in [0.05, 0.1) is 0 Å². The zero-order valence-corrected chi connectivity index (χ0v) is 11.8. The molecular formula is C16H22F2N2. The Morgan fingerprint density at radius 1 is 1.15 bits per heavy atom. The highest BCUT2D eigenvalue weighted by molar-refractivity contribution is 5.18. The Balaban J connectivity index is 1.69. The molecule has 4 heteroatoms. The normalized spacial score (nSPS) is 23.1. The quantitative estimate of drug-likeness (QED) is 0.896. The minimum absolute atomic E-state index is 0.295. The molecule has 2 saturated heterocycles. The molecule has 110 valence electrons. The summed E-state index contributed by atoms with van der Waals surface area (Å²) < 4.78 is 27.0. The van der Waals surface area contributed by atoms with E-state index in [1.165, 1.54) is 37.5 Å². The third kappa shape index (κ3) is 3.01. The Labute approximate surface area is 119 Å². The average molecular weight is 280 g/mol. The molecule has 0 radical (unpaired) electrons. The van der Waals surface area contributed by atoms with Gasteiger partial charge in [-0.25, -0.2) is 8.78 Å². The SMILES string of the molecule is Fc1ccc(F)c(CN2CCCC3(CCNCC3)C2)c1. The van der Waals surface area contributed by atoms with Crippen LogP contribution < -0.4 is 5.32 Å². The molecule has 2 nitrogen and oxygen atoms in total. The van der Waals surface area contributed by atoms with Crippen LogP contribution in [0.1, 0.15) is 31.2 Å². The molecule has 0 aliphatic carbocycles. The van der Waals surface area contributed by atoms with E-state index in [-0.39, 0.29) is 11.6 Å². The van der Waals surface area contributed by atoms with Crippen molar-refractivity contribution in [2.45, 2.75) is 32.2 Å². The van der Waals surface area contributed by atoms with E-state index in [4.69, 9.17) is 0 Å². The first-order chi connectivity index (χ1) is 9.67. The molecule has 0 aromatic heterocycles. The van der Waals surface area contributed by atoms with Crippen molar-refractivity contribution in [2.75, 3.05) is 26.2 Å². The zero-order chi connectivity index (χ0) is 14.0. The molecule has 1 aromatic carbocycles. The van der Waals surface area contributed by atoms with Gasteiger partial charge in [0.15, 0.2) is 0 Å². The van der Waals surface area contributed by atoms with Crippen molar-refractivity contribution >= 4 is 0 Å². The monoisotopic (exact) mass is 280 g/mol. The van der Waals surface area contributed by atoms with Gasteiger partial charge in [0.1, 0.15) is 11.6 Å². The number of hydrogen-bond acceptors (Lipinski definition) is 2. The summed E-state index contributed by atoms with van der Waals surface area (Å²) >= 11 is 0. The minimum atomic E-state index is -0.352. The summed E-state index contributed by atoms with van der Waals surface area (Å²) in [5.41, 5.74) is 0.879. The van der Waals surface area contributed by atoms with Gasteiger partial charge < -0.3 is 5.32 Å². The third-order valence-corrected chi connectivity index (χ3v) is 4.81. The number of nitrogens with zero attached hydrogens (tertiary/aromatic N) is 1. The molecule has 0 saturated carbocycles. The van der Waals surface area contributed by atoms with Crippen LogP contribution in [0.25, 0.3) is 0 Å². The van der Waals surface area contributed by atoms with Gasteiger partial charge in [-0.15, -0.1) is 0 Å². The summed E-state index contributed by atoms with van der Waals surface area (Å²) in [6.45, 7) is 4.71. The zero-order valence-electron chi connectivity index (χ0n) is 11.8. The van der Waals surface area contributed by atoms with Crippen LogP contribution in [-0.4, -0.2) is 31.1 Å². The molecule has 0 atom stereocenters. The van der Waals surface area contributed by atoms with Crippen LogP contribution in [0, 0.1) is 17.0 Å². The number of rotatable bonds is 2. The second kappa shape index (κ2) is 5.78. The molecule has 3 rings (SSSR count). The molecule has 0 bridgehead atoms. The Hall–Kier alpha value is -1.00. The van der Waals surface area contributed by atoms with E-state index in [0.717, 1.165) is 32.6 Å². The summed E-state index contributed by atoms with van der Waals surface area (Å²) in [6.07, 6.45) is 4.85. The molecule has 1 aromatic rings. The number of halogens is 2. The van der Waals surface area contributed by atoms with Gasteiger partial charge in [0, 0.05) is 18.7 Å². The van der Waals surface area contributed by atoms with E-state index in [0.29, 0.717) is 17.5 Å². The van der Waals surface area contributed by atoms with Gasteiger partial charge in [0.25, 0.3) is 0 Å². The summed E-state index contributed by atoms with van der Waals surface area (Å²) in [5.74, 6) is -0.647. The highest BCUT2D eigenvalue weighted by Gasteiger charge is 2.36. The molecule has 1 spiro atoms. The fraction of sp³-hybridized carbons (Fsp3) is 0.625. The van der Waals surface area contributed by atoms with Crippen LogP contribution in [0.2, 0.25) is 0 Å². The number of likely N-dealkylation sites (tertiary alicyclic amines) is 1. The maximum absolute atomic E-state index is 13.8. The first kappa shape index (κ1) is 14.0. The van der Waals surface area contributed by atoms with Gasteiger partial charge in [-0.05, 0) is 68.9 Å². The lowest BCUT2D eigenvalue weighted by atomic mass is 9.73. The van der Waals surface area contributed by atoms with Crippen molar-refractivity contribution in [3.8, 4) is 0 Å².